The summed E-state index contributed by atoms with van der Waals surface area (Å²) in [6, 6.07) is 6.10. The Hall–Kier alpha value is -1.17. The van der Waals surface area contributed by atoms with Crippen molar-refractivity contribution in [3.05, 3.63) is 35.6 Å². The Labute approximate surface area is 131 Å². The molecule has 1 fully saturated rings. The second-order valence-corrected chi connectivity index (χ2v) is 5.14. The molecule has 1 saturated heterocycles. The molecule has 1 aromatic carbocycles. The molecule has 0 unspecified atom stereocenters. The van der Waals surface area contributed by atoms with E-state index in [0.29, 0.717) is 26.1 Å². The fourth-order valence-electron chi connectivity index (χ4n) is 2.31. The molecule has 0 aliphatic carbocycles. The van der Waals surface area contributed by atoms with Gasteiger partial charge < -0.3 is 15.0 Å². The van der Waals surface area contributed by atoms with E-state index in [2.05, 4.69) is 5.32 Å². The summed E-state index contributed by atoms with van der Waals surface area (Å²) in [5.74, 6) is -0.199. The second kappa shape index (κ2) is 8.32. The lowest BCUT2D eigenvalue weighted by Gasteiger charge is -2.32. The van der Waals surface area contributed by atoms with Crippen molar-refractivity contribution in [1.82, 2.24) is 10.2 Å². The molecule has 1 heterocycles. The number of benzene rings is 1. The average molecular weight is 317 g/mol. The number of rotatable bonds is 4. The van der Waals surface area contributed by atoms with E-state index >= 15 is 0 Å². The molecule has 1 amide bonds. The first-order valence-electron chi connectivity index (χ1n) is 6.92. The van der Waals surface area contributed by atoms with Crippen LogP contribution in [0.2, 0.25) is 0 Å². The van der Waals surface area contributed by atoms with Gasteiger partial charge in [0.25, 0.3) is 0 Å². The van der Waals surface area contributed by atoms with Crippen LogP contribution < -0.4 is 5.32 Å². The van der Waals surface area contributed by atoms with Gasteiger partial charge in [-0.3, -0.25) is 4.79 Å². The van der Waals surface area contributed by atoms with E-state index in [4.69, 9.17) is 4.74 Å². The van der Waals surface area contributed by atoms with Crippen LogP contribution in [0.1, 0.15) is 12.5 Å². The summed E-state index contributed by atoms with van der Waals surface area (Å²) in [6.45, 7) is 3.86. The minimum Gasteiger partial charge on any atom is -0.375 e. The smallest absolute Gasteiger partial charge is 0.242 e. The fourth-order valence-corrected chi connectivity index (χ4v) is 2.31. The van der Waals surface area contributed by atoms with Crippen molar-refractivity contribution in [2.24, 2.45) is 0 Å². The number of carbonyl (C=O) groups excluding carboxylic acids is 1. The largest absolute Gasteiger partial charge is 0.375 e. The minimum atomic E-state index is -0.276. The standard InChI is InChI=1S/C15H21FN2O2.ClH/c1-11-14(17-8-10-20-11)15(19)18(2)9-7-12-3-5-13(16)6-4-12;/h3-6,11,14,17H,7-10H2,1-2H3;1H/t11-,14+;/m1./s1. The van der Waals surface area contributed by atoms with Crippen LogP contribution in [-0.4, -0.2) is 49.7 Å². The molecule has 1 aliphatic rings. The molecular weight excluding hydrogens is 295 g/mol. The van der Waals surface area contributed by atoms with Gasteiger partial charge in [-0.1, -0.05) is 12.1 Å². The number of ether oxygens (including phenoxy) is 1. The second-order valence-electron chi connectivity index (χ2n) is 5.14. The van der Waals surface area contributed by atoms with Crippen LogP contribution >= 0.6 is 12.4 Å². The number of likely N-dealkylation sites (N-methyl/N-ethyl adjacent to an activating group) is 1. The number of hydrogen-bond donors (Lipinski definition) is 1. The molecule has 6 heteroatoms. The highest BCUT2D eigenvalue weighted by molar-refractivity contribution is 5.85. The van der Waals surface area contributed by atoms with Crippen molar-refractivity contribution < 1.29 is 13.9 Å². The third kappa shape index (κ3) is 4.95. The maximum Gasteiger partial charge on any atom is 0.242 e. The normalized spacial score (nSPS) is 21.5. The molecule has 2 atom stereocenters. The third-order valence-electron chi connectivity index (χ3n) is 3.61. The lowest BCUT2D eigenvalue weighted by molar-refractivity contribution is -0.138. The highest BCUT2D eigenvalue weighted by Crippen LogP contribution is 2.08. The molecule has 4 nitrogen and oxygen atoms in total. The summed E-state index contributed by atoms with van der Waals surface area (Å²) in [6.07, 6.45) is 0.606. The number of carbonyl (C=O) groups is 1. The first-order valence-corrected chi connectivity index (χ1v) is 6.92. The van der Waals surface area contributed by atoms with Gasteiger partial charge in [0.2, 0.25) is 5.91 Å². The predicted molar refractivity (Wildman–Crippen MR) is 82.2 cm³/mol. The molecule has 0 radical (unpaired) electrons. The summed E-state index contributed by atoms with van der Waals surface area (Å²) < 4.78 is 18.3. The van der Waals surface area contributed by atoms with Crippen molar-refractivity contribution in [1.29, 1.82) is 0 Å². The molecule has 0 saturated carbocycles. The monoisotopic (exact) mass is 316 g/mol. The summed E-state index contributed by atoms with van der Waals surface area (Å²) in [5.41, 5.74) is 1.02. The summed E-state index contributed by atoms with van der Waals surface area (Å²) >= 11 is 0. The van der Waals surface area contributed by atoms with Gasteiger partial charge in [0.15, 0.2) is 0 Å². The van der Waals surface area contributed by atoms with Gasteiger partial charge in [-0.05, 0) is 31.0 Å². The van der Waals surface area contributed by atoms with E-state index in [-0.39, 0.29) is 36.3 Å². The number of nitrogens with zero attached hydrogens (tertiary/aromatic N) is 1. The lowest BCUT2D eigenvalue weighted by Crippen LogP contribution is -2.55. The third-order valence-corrected chi connectivity index (χ3v) is 3.61. The number of halogens is 2. The van der Waals surface area contributed by atoms with Crippen LogP contribution in [0, 0.1) is 5.82 Å². The highest BCUT2D eigenvalue weighted by Gasteiger charge is 2.30. The van der Waals surface area contributed by atoms with Crippen LogP contribution in [0.4, 0.5) is 4.39 Å². The van der Waals surface area contributed by atoms with Gasteiger partial charge in [-0.2, -0.15) is 0 Å². The Morgan fingerprint density at radius 3 is 2.71 bits per heavy atom. The van der Waals surface area contributed by atoms with Crippen LogP contribution in [0.5, 0.6) is 0 Å². The van der Waals surface area contributed by atoms with Crippen molar-refractivity contribution in [2.45, 2.75) is 25.5 Å². The quantitative estimate of drug-likeness (QED) is 0.918. The molecule has 0 spiro atoms. The van der Waals surface area contributed by atoms with Crippen LogP contribution in [-0.2, 0) is 16.0 Å². The van der Waals surface area contributed by atoms with Crippen LogP contribution in [0.15, 0.2) is 24.3 Å². The zero-order chi connectivity index (χ0) is 14.5. The average Bonchev–Trinajstić information content (AvgIpc) is 2.46. The maximum absolute atomic E-state index is 12.8. The first-order chi connectivity index (χ1) is 9.58. The fraction of sp³-hybridized carbons (Fsp3) is 0.533. The zero-order valence-corrected chi connectivity index (χ0v) is 13.2. The van der Waals surface area contributed by atoms with Gasteiger partial charge in [0.05, 0.1) is 12.7 Å². The Balaban J connectivity index is 0.00000220. The molecule has 0 bridgehead atoms. The van der Waals surface area contributed by atoms with Gasteiger partial charge in [-0.15, -0.1) is 12.4 Å². The topological polar surface area (TPSA) is 41.6 Å². The summed E-state index contributed by atoms with van der Waals surface area (Å²) in [7, 11) is 1.79. The summed E-state index contributed by atoms with van der Waals surface area (Å²) in [5, 5.41) is 3.19. The zero-order valence-electron chi connectivity index (χ0n) is 12.3. The number of morpholine rings is 1. The molecule has 21 heavy (non-hydrogen) atoms. The highest BCUT2D eigenvalue weighted by atomic mass is 35.5. The van der Waals surface area contributed by atoms with E-state index < -0.39 is 0 Å². The van der Waals surface area contributed by atoms with Crippen LogP contribution in [0.3, 0.4) is 0 Å². The van der Waals surface area contributed by atoms with Gasteiger partial charge >= 0.3 is 0 Å². The maximum atomic E-state index is 12.8. The Bertz CT molecular complexity index is 455. The SMILES string of the molecule is C[C@H]1OCCN[C@@H]1C(=O)N(C)CCc1ccc(F)cc1.Cl. The number of nitrogens with one attached hydrogen (secondary N) is 1. The Morgan fingerprint density at radius 2 is 2.10 bits per heavy atom. The molecule has 2 rings (SSSR count). The van der Waals surface area contributed by atoms with E-state index in [9.17, 15) is 9.18 Å². The summed E-state index contributed by atoms with van der Waals surface area (Å²) in [4.78, 5) is 14.0. The van der Waals surface area contributed by atoms with Gasteiger partial charge in [-0.25, -0.2) is 4.39 Å². The van der Waals surface area contributed by atoms with E-state index in [1.807, 2.05) is 6.92 Å². The molecule has 1 N–H and O–H groups in total. The van der Waals surface area contributed by atoms with E-state index in [0.717, 1.165) is 5.56 Å². The van der Waals surface area contributed by atoms with E-state index in [1.54, 1.807) is 24.1 Å². The first kappa shape index (κ1) is 17.9. The molecule has 1 aliphatic heterocycles. The molecule has 118 valence electrons. The number of hydrogen-bond acceptors (Lipinski definition) is 3. The molecule has 0 aromatic heterocycles. The van der Waals surface area contributed by atoms with Crippen molar-refractivity contribution >= 4 is 18.3 Å². The van der Waals surface area contributed by atoms with Gasteiger partial charge in [0.1, 0.15) is 11.9 Å². The van der Waals surface area contributed by atoms with Crippen molar-refractivity contribution in [3.8, 4) is 0 Å². The number of amides is 1. The van der Waals surface area contributed by atoms with Gasteiger partial charge in [0, 0.05) is 20.1 Å². The predicted octanol–water partition coefficient (Wildman–Crippen LogP) is 1.63. The lowest BCUT2D eigenvalue weighted by atomic mass is 10.1. The Morgan fingerprint density at radius 1 is 1.43 bits per heavy atom. The van der Waals surface area contributed by atoms with E-state index in [1.165, 1.54) is 12.1 Å². The molecular formula is C15H22ClFN2O2. The van der Waals surface area contributed by atoms with Crippen molar-refractivity contribution in [3.63, 3.8) is 0 Å². The van der Waals surface area contributed by atoms with Crippen molar-refractivity contribution in [2.75, 3.05) is 26.7 Å². The molecule has 1 aromatic rings. The minimum absolute atomic E-state index is 0. The Kier molecular flexibility index (Phi) is 7.08. The van der Waals surface area contributed by atoms with Crippen LogP contribution in [0.25, 0.3) is 0 Å².